The normalized spacial score (nSPS) is 10.4. The van der Waals surface area contributed by atoms with Gasteiger partial charge in [0, 0.05) is 16.5 Å². The highest BCUT2D eigenvalue weighted by Gasteiger charge is 2.27. The van der Waals surface area contributed by atoms with Crippen LogP contribution in [0.25, 0.3) is 0 Å². The molecule has 0 aromatic heterocycles. The number of thioether (sulfide) groups is 2. The van der Waals surface area contributed by atoms with Crippen molar-refractivity contribution in [3.63, 3.8) is 0 Å². The first-order valence-electron chi connectivity index (χ1n) is 5.11. The maximum atomic E-state index is 12.5. The van der Waals surface area contributed by atoms with Gasteiger partial charge in [-0.3, -0.25) is 4.79 Å². The van der Waals surface area contributed by atoms with Crippen LogP contribution in [0.3, 0.4) is 0 Å². The average Bonchev–Trinajstić information content (AvgIpc) is 2.35. The highest BCUT2D eigenvalue weighted by atomic mass is 32.2. The van der Waals surface area contributed by atoms with Crippen molar-refractivity contribution >= 4 is 40.2 Å². The third-order valence-corrected chi connectivity index (χ3v) is 5.82. The zero-order chi connectivity index (χ0) is 12.8. The highest BCUT2D eigenvalue weighted by molar-refractivity contribution is 8.22. The Hall–Kier alpha value is -0.320. The van der Waals surface area contributed by atoms with Crippen molar-refractivity contribution in [2.75, 3.05) is 25.0 Å². The molecule has 0 amide bonds. The van der Waals surface area contributed by atoms with Gasteiger partial charge in [-0.15, -0.1) is 23.5 Å². The molecule has 0 N–H and O–H groups in total. The van der Waals surface area contributed by atoms with E-state index >= 15 is 0 Å². The van der Waals surface area contributed by atoms with E-state index in [-0.39, 0.29) is 16.7 Å². The Morgan fingerprint density at radius 3 is 2.00 bits per heavy atom. The molecule has 0 saturated heterocycles. The molecule has 1 aromatic rings. The number of benzene rings is 1. The van der Waals surface area contributed by atoms with E-state index in [9.17, 15) is 4.79 Å². The minimum absolute atomic E-state index is 0.0253. The Labute approximate surface area is 115 Å². The summed E-state index contributed by atoms with van der Waals surface area (Å²) in [7, 11) is -0.0253. The summed E-state index contributed by atoms with van der Waals surface area (Å²) in [6.07, 6.45) is 8.25. The monoisotopic (exact) mass is 285 g/mol. The van der Waals surface area contributed by atoms with E-state index in [0.717, 1.165) is 14.7 Å². The first kappa shape index (κ1) is 14.7. The van der Waals surface area contributed by atoms with E-state index < -0.39 is 0 Å². The third kappa shape index (κ3) is 3.83. The van der Waals surface area contributed by atoms with Crippen molar-refractivity contribution in [3.8, 4) is 0 Å². The minimum Gasteiger partial charge on any atom is -0.284 e. The lowest BCUT2D eigenvalue weighted by molar-refractivity contribution is 0.104. The Balaban J connectivity index is 3.18. The predicted octanol–water partition coefficient (Wildman–Crippen LogP) is 3.64. The summed E-state index contributed by atoms with van der Waals surface area (Å²) in [5.74, 6) is 0.164. The van der Waals surface area contributed by atoms with Crippen molar-refractivity contribution in [2.24, 2.45) is 0 Å². The first-order valence-corrected chi connectivity index (χ1v) is 9.60. The van der Waals surface area contributed by atoms with Gasteiger partial charge < -0.3 is 0 Å². The standard InChI is InChI=1S/C13H17OS3/c1-15-13(16-2)12(17(3)4)11(14)10-8-6-5-7-9-10/h5-9H,1-4H3/q+1. The van der Waals surface area contributed by atoms with Crippen LogP contribution in [0.15, 0.2) is 39.5 Å². The van der Waals surface area contributed by atoms with Gasteiger partial charge in [0.25, 0.3) is 0 Å². The average molecular weight is 285 g/mol. The molecule has 0 unspecified atom stereocenters. The molecule has 0 aliphatic carbocycles. The highest BCUT2D eigenvalue weighted by Crippen LogP contribution is 2.32. The number of hydrogen-bond donors (Lipinski definition) is 0. The minimum atomic E-state index is -0.0253. The van der Waals surface area contributed by atoms with Crippen molar-refractivity contribution in [1.82, 2.24) is 0 Å². The number of Topliss-reactive ketones (excluding diaryl/α,β-unsaturated/α-hetero) is 1. The largest absolute Gasteiger partial charge is 0.284 e. The molecule has 0 bridgehead atoms. The van der Waals surface area contributed by atoms with Crippen LogP contribution >= 0.6 is 23.5 Å². The van der Waals surface area contributed by atoms with Gasteiger partial charge in [0.1, 0.15) is 12.5 Å². The summed E-state index contributed by atoms with van der Waals surface area (Å²) in [6.45, 7) is 0. The molecule has 92 valence electrons. The molecule has 17 heavy (non-hydrogen) atoms. The number of allylic oxidation sites excluding steroid dienone is 1. The second-order valence-electron chi connectivity index (χ2n) is 3.54. The Kier molecular flexibility index (Phi) is 6.23. The summed E-state index contributed by atoms with van der Waals surface area (Å²) < 4.78 is 1.13. The van der Waals surface area contributed by atoms with E-state index in [0.29, 0.717) is 0 Å². The third-order valence-electron chi connectivity index (χ3n) is 2.21. The lowest BCUT2D eigenvalue weighted by atomic mass is 10.1. The second kappa shape index (κ2) is 7.19. The van der Waals surface area contributed by atoms with Crippen molar-refractivity contribution in [3.05, 3.63) is 45.0 Å². The molecule has 1 rings (SSSR count). The maximum Gasteiger partial charge on any atom is 0.242 e. The zero-order valence-electron chi connectivity index (χ0n) is 10.5. The molecule has 0 radical (unpaired) electrons. The van der Waals surface area contributed by atoms with Crippen LogP contribution in [0.4, 0.5) is 0 Å². The fourth-order valence-corrected chi connectivity index (χ4v) is 4.98. The van der Waals surface area contributed by atoms with Gasteiger partial charge in [-0.25, -0.2) is 0 Å². The molecule has 0 aliphatic heterocycles. The van der Waals surface area contributed by atoms with Crippen LogP contribution in [-0.2, 0) is 10.9 Å². The maximum absolute atomic E-state index is 12.5. The predicted molar refractivity (Wildman–Crippen MR) is 84.0 cm³/mol. The number of carbonyl (C=O) groups is 1. The lowest BCUT2D eigenvalue weighted by Crippen LogP contribution is -2.13. The first-order chi connectivity index (χ1) is 8.11. The van der Waals surface area contributed by atoms with Gasteiger partial charge >= 0.3 is 0 Å². The lowest BCUT2D eigenvalue weighted by Gasteiger charge is -2.07. The van der Waals surface area contributed by atoms with Crippen LogP contribution in [0, 0.1) is 0 Å². The Bertz CT molecular complexity index is 404. The van der Waals surface area contributed by atoms with Gasteiger partial charge in [0.05, 0.1) is 4.24 Å². The molecule has 0 aliphatic rings. The summed E-state index contributed by atoms with van der Waals surface area (Å²) >= 11 is 3.32. The molecule has 0 fully saturated rings. The van der Waals surface area contributed by atoms with E-state index in [4.69, 9.17) is 0 Å². The van der Waals surface area contributed by atoms with Gasteiger partial charge in [0.2, 0.25) is 10.7 Å². The Morgan fingerprint density at radius 2 is 1.59 bits per heavy atom. The molecule has 0 spiro atoms. The van der Waals surface area contributed by atoms with Crippen LogP contribution in [0.5, 0.6) is 0 Å². The van der Waals surface area contributed by atoms with Gasteiger partial charge in [-0.1, -0.05) is 30.3 Å². The quantitative estimate of drug-likeness (QED) is 0.467. The van der Waals surface area contributed by atoms with E-state index in [1.54, 1.807) is 23.5 Å². The summed E-state index contributed by atoms with van der Waals surface area (Å²) in [4.78, 5) is 13.4. The summed E-state index contributed by atoms with van der Waals surface area (Å²) in [6, 6.07) is 9.51. The van der Waals surface area contributed by atoms with Crippen molar-refractivity contribution in [1.29, 1.82) is 0 Å². The summed E-state index contributed by atoms with van der Waals surface area (Å²) in [5.41, 5.74) is 0.782. The van der Waals surface area contributed by atoms with Crippen LogP contribution in [0.2, 0.25) is 0 Å². The zero-order valence-corrected chi connectivity index (χ0v) is 13.0. The fraction of sp³-hybridized carbons (Fsp3) is 0.308. The smallest absolute Gasteiger partial charge is 0.242 e. The molecular weight excluding hydrogens is 268 g/mol. The van der Waals surface area contributed by atoms with E-state index in [1.807, 2.05) is 42.8 Å². The van der Waals surface area contributed by atoms with Gasteiger partial charge in [0.15, 0.2) is 0 Å². The van der Waals surface area contributed by atoms with Crippen molar-refractivity contribution < 1.29 is 4.79 Å². The molecule has 4 heteroatoms. The van der Waals surface area contributed by atoms with Crippen molar-refractivity contribution in [2.45, 2.75) is 0 Å². The molecule has 1 nitrogen and oxygen atoms in total. The summed E-state index contributed by atoms with van der Waals surface area (Å²) in [5, 5.41) is 0. The second-order valence-corrected chi connectivity index (χ2v) is 7.47. The number of ketones is 1. The number of rotatable bonds is 5. The van der Waals surface area contributed by atoms with E-state index in [2.05, 4.69) is 12.5 Å². The molecule has 0 atom stereocenters. The van der Waals surface area contributed by atoms with E-state index in [1.165, 1.54) is 0 Å². The van der Waals surface area contributed by atoms with Crippen LogP contribution in [-0.4, -0.2) is 30.8 Å². The Morgan fingerprint density at radius 1 is 1.06 bits per heavy atom. The molecular formula is C13H17OS3+. The molecule has 0 heterocycles. The number of carbonyl (C=O) groups excluding carboxylic acids is 1. The molecule has 0 saturated carbocycles. The number of hydrogen-bond acceptors (Lipinski definition) is 3. The SMILES string of the molecule is CSC(SC)=C(C(=O)c1ccccc1)[S+](C)C. The van der Waals surface area contributed by atoms with Crippen LogP contribution < -0.4 is 0 Å². The van der Waals surface area contributed by atoms with Crippen LogP contribution in [0.1, 0.15) is 10.4 Å². The topological polar surface area (TPSA) is 17.1 Å². The fourth-order valence-electron chi connectivity index (χ4n) is 1.43. The molecule has 1 aromatic carbocycles. The van der Waals surface area contributed by atoms with Gasteiger partial charge in [-0.05, 0) is 12.5 Å². The van der Waals surface area contributed by atoms with Gasteiger partial charge in [-0.2, -0.15) is 0 Å².